The van der Waals surface area contributed by atoms with E-state index in [1.807, 2.05) is 30.5 Å². The highest BCUT2D eigenvalue weighted by atomic mass is 79.9. The second-order valence-corrected chi connectivity index (χ2v) is 5.94. The van der Waals surface area contributed by atoms with Crippen molar-refractivity contribution in [2.24, 2.45) is 0 Å². The molecule has 1 aliphatic rings. The molecule has 0 atom stereocenters. The van der Waals surface area contributed by atoms with Gasteiger partial charge in [-0.1, -0.05) is 28.1 Å². The third-order valence-electron chi connectivity index (χ3n) is 3.72. The van der Waals surface area contributed by atoms with Gasteiger partial charge < -0.3 is 19.4 Å². The van der Waals surface area contributed by atoms with E-state index < -0.39 is 0 Å². The second-order valence-electron chi connectivity index (χ2n) is 5.02. The Hall–Kier alpha value is -1.79. The number of anilines is 1. The molecule has 0 spiro atoms. The number of hydrogen-bond acceptors (Lipinski definition) is 4. The Morgan fingerprint density at radius 2 is 1.95 bits per heavy atom. The lowest BCUT2D eigenvalue weighted by Gasteiger charge is -2.29. The van der Waals surface area contributed by atoms with Gasteiger partial charge in [0, 0.05) is 29.3 Å². The molecule has 0 saturated carbocycles. The molecule has 2 heterocycles. The van der Waals surface area contributed by atoms with Crippen molar-refractivity contribution in [2.45, 2.75) is 0 Å². The predicted octanol–water partition coefficient (Wildman–Crippen LogP) is 3.07. The summed E-state index contributed by atoms with van der Waals surface area (Å²) >= 11 is 3.44. The van der Waals surface area contributed by atoms with Gasteiger partial charge in [0.25, 0.3) is 0 Å². The summed E-state index contributed by atoms with van der Waals surface area (Å²) in [6, 6.07) is 8.03. The van der Waals surface area contributed by atoms with Crippen molar-refractivity contribution < 1.29 is 14.3 Å². The number of esters is 1. The number of hydrogen-bond donors (Lipinski definition) is 1. The van der Waals surface area contributed by atoms with Crippen molar-refractivity contribution in [3.63, 3.8) is 0 Å². The van der Waals surface area contributed by atoms with E-state index in [0.717, 1.165) is 34.4 Å². The van der Waals surface area contributed by atoms with E-state index >= 15 is 0 Å². The first-order chi connectivity index (χ1) is 10.7. The Morgan fingerprint density at radius 3 is 2.59 bits per heavy atom. The van der Waals surface area contributed by atoms with Crippen molar-refractivity contribution >= 4 is 27.6 Å². The highest BCUT2D eigenvalue weighted by Gasteiger charge is 2.25. The normalized spacial score (nSPS) is 14.9. The summed E-state index contributed by atoms with van der Waals surface area (Å²) < 4.78 is 11.3. The van der Waals surface area contributed by atoms with Gasteiger partial charge in [-0.25, -0.2) is 4.79 Å². The largest absolute Gasteiger partial charge is 0.464 e. The summed E-state index contributed by atoms with van der Waals surface area (Å²) in [5, 5.41) is 0. The van der Waals surface area contributed by atoms with Crippen LogP contribution in [0.25, 0.3) is 11.1 Å². The minimum absolute atomic E-state index is 0.357. The van der Waals surface area contributed by atoms with E-state index in [2.05, 4.69) is 25.8 Å². The maximum absolute atomic E-state index is 12.1. The Labute approximate surface area is 137 Å². The maximum atomic E-state index is 12.1. The van der Waals surface area contributed by atoms with Crippen LogP contribution in [-0.2, 0) is 9.47 Å². The van der Waals surface area contributed by atoms with Crippen LogP contribution in [0.1, 0.15) is 10.5 Å². The third-order valence-corrected chi connectivity index (χ3v) is 4.25. The first-order valence-corrected chi connectivity index (χ1v) is 7.88. The quantitative estimate of drug-likeness (QED) is 0.850. The molecule has 0 radical (unpaired) electrons. The first-order valence-electron chi connectivity index (χ1n) is 7.09. The molecule has 5 nitrogen and oxygen atoms in total. The molecule has 1 aromatic carbocycles. The van der Waals surface area contributed by atoms with E-state index in [-0.39, 0.29) is 5.97 Å². The van der Waals surface area contributed by atoms with E-state index in [1.165, 1.54) is 7.11 Å². The number of carbonyl (C=O) groups is 1. The Morgan fingerprint density at radius 1 is 1.27 bits per heavy atom. The van der Waals surface area contributed by atoms with Crippen molar-refractivity contribution in [3.8, 4) is 11.1 Å². The van der Waals surface area contributed by atoms with Crippen LogP contribution in [-0.4, -0.2) is 44.4 Å². The highest BCUT2D eigenvalue weighted by molar-refractivity contribution is 9.10. The van der Waals surface area contributed by atoms with E-state index in [4.69, 9.17) is 9.47 Å². The van der Waals surface area contributed by atoms with Crippen LogP contribution in [0.2, 0.25) is 0 Å². The molecule has 22 heavy (non-hydrogen) atoms. The van der Waals surface area contributed by atoms with Crippen LogP contribution in [0, 0.1) is 0 Å². The number of aromatic amines is 1. The molecule has 0 unspecified atom stereocenters. The van der Waals surface area contributed by atoms with E-state index in [1.54, 1.807) is 0 Å². The molecule has 2 aromatic rings. The number of methoxy groups -OCH3 is 1. The molecular formula is C16H17BrN2O3. The summed E-state index contributed by atoms with van der Waals surface area (Å²) in [4.78, 5) is 17.3. The number of carbonyl (C=O) groups excluding carboxylic acids is 1. The molecule has 6 heteroatoms. The lowest BCUT2D eigenvalue weighted by atomic mass is 10.1. The number of benzene rings is 1. The average molecular weight is 365 g/mol. The summed E-state index contributed by atoms with van der Waals surface area (Å²) in [7, 11) is 1.39. The number of halogens is 1. The highest BCUT2D eigenvalue weighted by Crippen LogP contribution is 2.35. The third kappa shape index (κ3) is 2.89. The molecule has 1 N–H and O–H groups in total. The monoisotopic (exact) mass is 364 g/mol. The minimum atomic E-state index is -0.357. The number of ether oxygens (including phenoxy) is 2. The standard InChI is InChI=1S/C16H17BrN2O3/c1-21-16(20)14-15(19-6-8-22-9-7-19)13(10-18-14)11-2-4-12(17)5-3-11/h2-5,10,18H,6-9H2,1H3. The van der Waals surface area contributed by atoms with Gasteiger partial charge in [0.1, 0.15) is 5.69 Å². The molecule has 0 aliphatic carbocycles. The van der Waals surface area contributed by atoms with E-state index in [0.29, 0.717) is 18.9 Å². The molecule has 0 amide bonds. The smallest absolute Gasteiger partial charge is 0.356 e. The predicted molar refractivity (Wildman–Crippen MR) is 88.3 cm³/mol. The molecule has 0 bridgehead atoms. The average Bonchev–Trinajstić information content (AvgIpc) is 3.00. The van der Waals surface area contributed by atoms with Crippen LogP contribution in [0.3, 0.4) is 0 Å². The SMILES string of the molecule is COC(=O)c1[nH]cc(-c2ccc(Br)cc2)c1N1CCOCC1. The van der Waals surface area contributed by atoms with Gasteiger partial charge >= 0.3 is 5.97 Å². The zero-order chi connectivity index (χ0) is 15.5. The van der Waals surface area contributed by atoms with Crippen molar-refractivity contribution in [2.75, 3.05) is 38.3 Å². The molecule has 116 valence electrons. The number of H-pyrrole nitrogens is 1. The molecule has 1 aromatic heterocycles. The Bertz CT molecular complexity index is 661. The lowest BCUT2D eigenvalue weighted by molar-refractivity contribution is 0.0594. The van der Waals surface area contributed by atoms with Crippen molar-refractivity contribution in [1.29, 1.82) is 0 Å². The van der Waals surface area contributed by atoms with Crippen LogP contribution >= 0.6 is 15.9 Å². The molecular weight excluding hydrogens is 348 g/mol. The fourth-order valence-corrected chi connectivity index (χ4v) is 2.90. The molecule has 1 saturated heterocycles. The van der Waals surface area contributed by atoms with Crippen LogP contribution in [0.4, 0.5) is 5.69 Å². The van der Waals surface area contributed by atoms with Crippen molar-refractivity contribution in [3.05, 3.63) is 40.6 Å². The van der Waals surface area contributed by atoms with Gasteiger partial charge in [0.05, 0.1) is 26.0 Å². The van der Waals surface area contributed by atoms with Crippen molar-refractivity contribution in [1.82, 2.24) is 4.98 Å². The fourth-order valence-electron chi connectivity index (χ4n) is 2.64. The number of nitrogens with one attached hydrogen (secondary N) is 1. The number of aromatic nitrogens is 1. The summed E-state index contributed by atoms with van der Waals surface area (Å²) in [6.07, 6.45) is 1.86. The number of nitrogens with zero attached hydrogens (tertiary/aromatic N) is 1. The lowest BCUT2D eigenvalue weighted by Crippen LogP contribution is -2.37. The molecule has 3 rings (SSSR count). The molecule has 1 fully saturated rings. The van der Waals surface area contributed by atoms with Gasteiger partial charge in [0.2, 0.25) is 0 Å². The number of morpholine rings is 1. The van der Waals surface area contributed by atoms with Gasteiger partial charge in [-0.15, -0.1) is 0 Å². The topological polar surface area (TPSA) is 54.6 Å². The summed E-state index contributed by atoms with van der Waals surface area (Å²) in [5.41, 5.74) is 3.42. The van der Waals surface area contributed by atoms with Gasteiger partial charge in [0.15, 0.2) is 0 Å². The van der Waals surface area contributed by atoms with E-state index in [9.17, 15) is 4.79 Å². The minimum Gasteiger partial charge on any atom is -0.464 e. The fraction of sp³-hybridized carbons (Fsp3) is 0.312. The van der Waals surface area contributed by atoms with Crippen LogP contribution in [0.15, 0.2) is 34.9 Å². The van der Waals surface area contributed by atoms with Gasteiger partial charge in [-0.3, -0.25) is 0 Å². The Balaban J connectivity index is 2.07. The summed E-state index contributed by atoms with van der Waals surface area (Å²) in [5.74, 6) is -0.357. The van der Waals surface area contributed by atoms with Gasteiger partial charge in [-0.2, -0.15) is 0 Å². The van der Waals surface area contributed by atoms with Crippen LogP contribution < -0.4 is 4.90 Å². The molecule has 1 aliphatic heterocycles. The summed E-state index contributed by atoms with van der Waals surface area (Å²) in [6.45, 7) is 2.83. The van der Waals surface area contributed by atoms with Crippen LogP contribution in [0.5, 0.6) is 0 Å². The first kappa shape index (κ1) is 15.1. The second kappa shape index (κ2) is 6.54. The Kier molecular flexibility index (Phi) is 4.49. The number of rotatable bonds is 3. The zero-order valence-corrected chi connectivity index (χ0v) is 13.9. The zero-order valence-electron chi connectivity index (χ0n) is 12.3. The van der Waals surface area contributed by atoms with Gasteiger partial charge in [-0.05, 0) is 17.7 Å². The maximum Gasteiger partial charge on any atom is 0.356 e.